The highest BCUT2D eigenvalue weighted by Gasteiger charge is 2.36. The number of hydrogen-bond acceptors (Lipinski definition) is 7. The number of nitrogens with zero attached hydrogens (tertiary/aromatic N) is 5. The summed E-state index contributed by atoms with van der Waals surface area (Å²) in [7, 11) is 0. The molecule has 5 rings (SSSR count). The topological polar surface area (TPSA) is 109 Å². The number of fused-ring (bicyclic) bond motifs is 2. The number of aromatic nitrogens is 5. The third kappa shape index (κ3) is 4.72. The van der Waals surface area contributed by atoms with Crippen molar-refractivity contribution in [3.8, 4) is 0 Å². The molecule has 0 saturated heterocycles. The van der Waals surface area contributed by atoms with E-state index in [-0.39, 0.29) is 37.3 Å². The highest BCUT2D eigenvalue weighted by Crippen LogP contribution is 2.29. The summed E-state index contributed by atoms with van der Waals surface area (Å²) in [6, 6.07) is 8.57. The molecule has 2 aromatic heterocycles. The van der Waals surface area contributed by atoms with Crippen molar-refractivity contribution in [1.29, 1.82) is 0 Å². The third-order valence-electron chi connectivity index (χ3n) is 6.01. The number of nitrogens with one attached hydrogen (secondary N) is 2. The van der Waals surface area contributed by atoms with E-state index in [1.54, 1.807) is 11.1 Å². The number of ether oxygens (including phenoxy) is 1. The number of alkyl halides is 3. The van der Waals surface area contributed by atoms with Gasteiger partial charge in [-0.15, -0.1) is 5.10 Å². The molecule has 0 spiro atoms. The molecule has 1 aromatic carbocycles. The molecule has 0 fully saturated rings. The van der Waals surface area contributed by atoms with Gasteiger partial charge in [0.15, 0.2) is 5.69 Å². The molecule has 34 heavy (non-hydrogen) atoms. The van der Waals surface area contributed by atoms with E-state index < -0.39 is 11.9 Å². The first-order valence-electron chi connectivity index (χ1n) is 10.9. The number of rotatable bonds is 7. The van der Waals surface area contributed by atoms with Gasteiger partial charge in [0.2, 0.25) is 11.9 Å². The zero-order chi connectivity index (χ0) is 23.7. The van der Waals surface area contributed by atoms with Crippen molar-refractivity contribution >= 4 is 11.9 Å². The van der Waals surface area contributed by atoms with E-state index >= 15 is 0 Å². The number of hydrogen-bond donors (Lipinski definition) is 2. The average Bonchev–Trinajstić information content (AvgIpc) is 3.53. The van der Waals surface area contributed by atoms with Crippen LogP contribution in [0.5, 0.6) is 0 Å². The molecule has 2 N–H and O–H groups in total. The van der Waals surface area contributed by atoms with E-state index in [0.29, 0.717) is 19.0 Å². The zero-order valence-electron chi connectivity index (χ0n) is 18.1. The molecule has 1 aliphatic carbocycles. The standard InChI is InChI=1S/C22H22F3N7O2/c23-22(24,25)20-17(29-31-30-20)5-6-34-12-19(33)32-10-15-9-26-21(28-18(15)11-32)27-16-7-13-3-1-2-4-14(13)8-16/h1-4,9,16H,5-8,10-12H2,(H,26,27,28)(H,29,30,31). The Balaban J connectivity index is 1.10. The smallest absolute Gasteiger partial charge is 0.371 e. The van der Waals surface area contributed by atoms with Gasteiger partial charge in [-0.25, -0.2) is 9.97 Å². The van der Waals surface area contributed by atoms with Crippen LogP contribution in [0.2, 0.25) is 0 Å². The lowest BCUT2D eigenvalue weighted by Crippen LogP contribution is -2.29. The Morgan fingerprint density at radius 3 is 2.68 bits per heavy atom. The van der Waals surface area contributed by atoms with Crippen molar-refractivity contribution in [3.63, 3.8) is 0 Å². The molecule has 0 radical (unpaired) electrons. The first-order chi connectivity index (χ1) is 16.4. The maximum absolute atomic E-state index is 12.8. The predicted octanol–water partition coefficient (Wildman–Crippen LogP) is 2.29. The summed E-state index contributed by atoms with van der Waals surface area (Å²) in [5, 5.41) is 11.9. The van der Waals surface area contributed by atoms with E-state index in [0.717, 1.165) is 24.1 Å². The lowest BCUT2D eigenvalue weighted by molar-refractivity contribution is -0.142. The van der Waals surface area contributed by atoms with Crippen LogP contribution in [0.25, 0.3) is 0 Å². The fraction of sp³-hybridized carbons (Fsp3) is 0.409. The van der Waals surface area contributed by atoms with E-state index in [1.807, 2.05) is 17.2 Å². The summed E-state index contributed by atoms with van der Waals surface area (Å²) >= 11 is 0. The normalized spacial score (nSPS) is 15.4. The van der Waals surface area contributed by atoms with E-state index in [1.165, 1.54) is 11.1 Å². The van der Waals surface area contributed by atoms with Crippen molar-refractivity contribution < 1.29 is 22.7 Å². The van der Waals surface area contributed by atoms with Crippen molar-refractivity contribution in [2.24, 2.45) is 0 Å². The van der Waals surface area contributed by atoms with Crippen LogP contribution in [0.4, 0.5) is 19.1 Å². The third-order valence-corrected chi connectivity index (χ3v) is 6.01. The minimum absolute atomic E-state index is 0.0835. The van der Waals surface area contributed by atoms with Gasteiger partial charge >= 0.3 is 6.18 Å². The first kappa shape index (κ1) is 22.3. The number of anilines is 1. The van der Waals surface area contributed by atoms with Crippen LogP contribution < -0.4 is 5.32 Å². The Morgan fingerprint density at radius 2 is 1.94 bits per heavy atom. The van der Waals surface area contributed by atoms with Gasteiger partial charge in [0.1, 0.15) is 6.61 Å². The quantitative estimate of drug-likeness (QED) is 0.507. The minimum Gasteiger partial charge on any atom is -0.371 e. The molecule has 12 heteroatoms. The van der Waals surface area contributed by atoms with Gasteiger partial charge in [-0.05, 0) is 24.0 Å². The van der Waals surface area contributed by atoms with Gasteiger partial charge in [-0.2, -0.15) is 13.2 Å². The number of H-pyrrole nitrogens is 1. The summed E-state index contributed by atoms with van der Waals surface area (Å²) in [4.78, 5) is 23.1. The van der Waals surface area contributed by atoms with Crippen LogP contribution in [0.3, 0.4) is 0 Å². The average molecular weight is 473 g/mol. The Labute approximate surface area is 192 Å². The molecule has 3 aromatic rings. The van der Waals surface area contributed by atoms with Crippen molar-refractivity contribution in [2.75, 3.05) is 18.5 Å². The van der Waals surface area contributed by atoms with Crippen LogP contribution in [0, 0.1) is 0 Å². The van der Waals surface area contributed by atoms with Gasteiger partial charge < -0.3 is 15.0 Å². The Bertz CT molecular complexity index is 1170. The second-order valence-electron chi connectivity index (χ2n) is 8.37. The van der Waals surface area contributed by atoms with E-state index in [9.17, 15) is 18.0 Å². The molecule has 0 saturated carbocycles. The molecule has 1 aliphatic heterocycles. The lowest BCUT2D eigenvalue weighted by Gasteiger charge is -2.15. The molecule has 0 atom stereocenters. The van der Waals surface area contributed by atoms with Gasteiger partial charge in [0.05, 0.1) is 24.5 Å². The van der Waals surface area contributed by atoms with Crippen molar-refractivity contribution in [3.05, 3.63) is 64.2 Å². The van der Waals surface area contributed by atoms with E-state index in [4.69, 9.17) is 4.74 Å². The summed E-state index contributed by atoms with van der Waals surface area (Å²) < 4.78 is 43.8. The maximum atomic E-state index is 12.8. The van der Waals surface area contributed by atoms with Crippen molar-refractivity contribution in [2.45, 2.75) is 44.6 Å². The Morgan fingerprint density at radius 1 is 1.18 bits per heavy atom. The second kappa shape index (κ2) is 9.01. The Kier molecular flexibility index (Phi) is 5.90. The fourth-order valence-corrected chi connectivity index (χ4v) is 4.31. The highest BCUT2D eigenvalue weighted by atomic mass is 19.4. The van der Waals surface area contributed by atoms with Crippen molar-refractivity contribution in [1.82, 2.24) is 30.3 Å². The number of halogens is 3. The van der Waals surface area contributed by atoms with E-state index in [2.05, 4.69) is 37.7 Å². The van der Waals surface area contributed by atoms with Crippen LogP contribution in [-0.2, 0) is 48.1 Å². The summed E-state index contributed by atoms with van der Waals surface area (Å²) in [5.41, 5.74) is 3.06. The molecular formula is C22H22F3N7O2. The first-order valence-corrected chi connectivity index (χ1v) is 10.9. The van der Waals surface area contributed by atoms with Gasteiger partial charge in [0, 0.05) is 30.8 Å². The Hall–Kier alpha value is -3.54. The molecule has 9 nitrogen and oxygen atoms in total. The number of carbonyl (C=O) groups is 1. The molecule has 0 bridgehead atoms. The summed E-state index contributed by atoms with van der Waals surface area (Å²) in [5.74, 6) is 0.269. The van der Waals surface area contributed by atoms with Crippen LogP contribution in [-0.4, -0.2) is 55.4 Å². The fourth-order valence-electron chi connectivity index (χ4n) is 4.31. The number of benzene rings is 1. The second-order valence-corrected chi connectivity index (χ2v) is 8.37. The van der Waals surface area contributed by atoms with Crippen LogP contribution in [0.15, 0.2) is 30.5 Å². The number of carbonyl (C=O) groups excluding carboxylic acids is 1. The zero-order valence-corrected chi connectivity index (χ0v) is 18.1. The highest BCUT2D eigenvalue weighted by molar-refractivity contribution is 5.78. The lowest BCUT2D eigenvalue weighted by atomic mass is 10.1. The van der Waals surface area contributed by atoms with Crippen LogP contribution in [0.1, 0.15) is 33.8 Å². The molecule has 0 unspecified atom stereocenters. The molecule has 1 amide bonds. The molecule has 178 valence electrons. The molecule has 3 heterocycles. The van der Waals surface area contributed by atoms with Crippen LogP contribution >= 0.6 is 0 Å². The predicted molar refractivity (Wildman–Crippen MR) is 113 cm³/mol. The van der Waals surface area contributed by atoms with Gasteiger partial charge in [-0.1, -0.05) is 29.5 Å². The monoisotopic (exact) mass is 473 g/mol. The molecule has 2 aliphatic rings. The largest absolute Gasteiger partial charge is 0.434 e. The maximum Gasteiger partial charge on any atom is 0.434 e. The van der Waals surface area contributed by atoms with Gasteiger partial charge in [-0.3, -0.25) is 9.89 Å². The minimum atomic E-state index is -4.56. The molecular weight excluding hydrogens is 451 g/mol. The van der Waals surface area contributed by atoms with Gasteiger partial charge in [0.25, 0.3) is 0 Å². The summed E-state index contributed by atoms with van der Waals surface area (Å²) in [6.07, 6.45) is -1.12. The number of amides is 1. The SMILES string of the molecule is O=C(COCCc1nn[nH]c1C(F)(F)F)N1Cc2cnc(NC3Cc4ccccc4C3)nc2C1. The summed E-state index contributed by atoms with van der Waals surface area (Å²) in [6.45, 7) is 0.376. The number of aromatic amines is 1.